The fourth-order valence-corrected chi connectivity index (χ4v) is 3.06. The molecule has 1 unspecified atom stereocenters. The normalized spacial score (nSPS) is 19.8. The number of aryl methyl sites for hydroxylation is 2. The van der Waals surface area contributed by atoms with Crippen molar-refractivity contribution in [1.82, 2.24) is 9.88 Å². The summed E-state index contributed by atoms with van der Waals surface area (Å²) in [5.41, 5.74) is 6.81. The number of hydrogen-bond donors (Lipinski definition) is 1. The van der Waals surface area contributed by atoms with Crippen molar-refractivity contribution in [3.63, 3.8) is 0 Å². The van der Waals surface area contributed by atoms with E-state index in [1.807, 2.05) is 0 Å². The molecule has 1 atom stereocenters. The van der Waals surface area contributed by atoms with Crippen LogP contribution < -0.4 is 10.5 Å². The van der Waals surface area contributed by atoms with Crippen molar-refractivity contribution in [2.24, 2.45) is 10.7 Å². The van der Waals surface area contributed by atoms with E-state index in [2.05, 4.69) is 14.7 Å². The summed E-state index contributed by atoms with van der Waals surface area (Å²) >= 11 is 0. The predicted octanol–water partition coefficient (Wildman–Crippen LogP) is 2.33. The number of hydrogen-bond acceptors (Lipinski definition) is 5. The molecule has 2 aromatic rings. The van der Waals surface area contributed by atoms with Gasteiger partial charge in [0.2, 0.25) is 0 Å². The van der Waals surface area contributed by atoms with E-state index < -0.39 is 12.2 Å². The molecule has 0 saturated carbocycles. The molecule has 0 bridgehead atoms. The van der Waals surface area contributed by atoms with E-state index in [0.29, 0.717) is 22.4 Å². The molecule has 2 heterocycles. The smallest absolute Gasteiger partial charge is 0.387 e. The number of carbonyl (C=O) groups excluding carboxylic acids is 1. The van der Waals surface area contributed by atoms with Crippen LogP contribution in [-0.4, -0.2) is 35.4 Å². The van der Waals surface area contributed by atoms with Gasteiger partial charge in [0.05, 0.1) is 0 Å². The van der Waals surface area contributed by atoms with Gasteiger partial charge in [0, 0.05) is 18.9 Å². The Hall–Kier alpha value is -3.03. The van der Waals surface area contributed by atoms with Gasteiger partial charge < -0.3 is 10.5 Å². The van der Waals surface area contributed by atoms with Crippen LogP contribution >= 0.6 is 0 Å². The second-order valence-electron chi connectivity index (χ2n) is 6.09. The third kappa shape index (κ3) is 2.77. The Labute approximate surface area is 149 Å². The number of pyridine rings is 1. The molecule has 1 aliphatic heterocycles. The summed E-state index contributed by atoms with van der Waals surface area (Å²) in [5, 5.41) is 0. The number of guanidine groups is 1. The fourth-order valence-electron chi connectivity index (χ4n) is 3.06. The molecule has 6 nitrogen and oxygen atoms in total. The van der Waals surface area contributed by atoms with Crippen LogP contribution in [0.5, 0.6) is 5.75 Å². The molecule has 2 N–H and O–H groups in total. The van der Waals surface area contributed by atoms with Gasteiger partial charge in [0.15, 0.2) is 11.5 Å². The van der Waals surface area contributed by atoms with Crippen LogP contribution in [0.25, 0.3) is 0 Å². The summed E-state index contributed by atoms with van der Waals surface area (Å²) in [7, 11) is 1.54. The number of aliphatic imine (C=N–C) groups is 1. The molecule has 1 amide bonds. The monoisotopic (exact) mass is 360 g/mol. The van der Waals surface area contributed by atoms with Gasteiger partial charge in [-0.25, -0.2) is 4.99 Å². The van der Waals surface area contributed by atoms with Crippen molar-refractivity contribution < 1.29 is 18.3 Å². The lowest BCUT2D eigenvalue weighted by Crippen LogP contribution is -2.41. The molecule has 1 aromatic carbocycles. The molecule has 1 aliphatic rings. The molecular weight excluding hydrogens is 342 g/mol. The van der Waals surface area contributed by atoms with Crippen LogP contribution in [0.15, 0.2) is 41.5 Å². The first-order chi connectivity index (χ1) is 12.3. The van der Waals surface area contributed by atoms with Gasteiger partial charge >= 0.3 is 6.61 Å². The van der Waals surface area contributed by atoms with Crippen molar-refractivity contribution in [2.75, 3.05) is 7.05 Å². The van der Waals surface area contributed by atoms with Crippen LogP contribution in [0.2, 0.25) is 0 Å². The topological polar surface area (TPSA) is 80.8 Å². The standard InChI is InChI=1S/C18H18F2N4O2/c1-10-8-12(4-5-14(10)26-16(19)20)18(13-6-7-22-11(2)9-13)15(25)24(3)17(21)23-18/h4-9,16H,1-3H3,(H2,21,23). The van der Waals surface area contributed by atoms with E-state index in [1.165, 1.54) is 18.0 Å². The molecule has 3 rings (SSSR count). The quantitative estimate of drug-likeness (QED) is 0.907. The number of carbonyl (C=O) groups is 1. The van der Waals surface area contributed by atoms with Crippen molar-refractivity contribution in [3.05, 3.63) is 58.9 Å². The number of nitrogens with two attached hydrogens (primary N) is 1. The van der Waals surface area contributed by atoms with Crippen molar-refractivity contribution in [1.29, 1.82) is 0 Å². The minimum Gasteiger partial charge on any atom is -0.435 e. The van der Waals surface area contributed by atoms with Crippen LogP contribution in [0.4, 0.5) is 8.78 Å². The lowest BCUT2D eigenvalue weighted by atomic mass is 9.82. The highest BCUT2D eigenvalue weighted by Crippen LogP contribution is 2.40. The largest absolute Gasteiger partial charge is 0.435 e. The SMILES string of the molecule is Cc1cc(C2(c3ccc(OC(F)F)c(C)c3)N=C(N)N(C)C2=O)ccn1. The number of aromatic nitrogens is 1. The molecule has 136 valence electrons. The van der Waals surface area contributed by atoms with E-state index in [4.69, 9.17) is 5.73 Å². The molecule has 0 radical (unpaired) electrons. The second-order valence-corrected chi connectivity index (χ2v) is 6.09. The highest BCUT2D eigenvalue weighted by Gasteiger charge is 2.49. The van der Waals surface area contributed by atoms with Crippen LogP contribution in [-0.2, 0) is 10.3 Å². The van der Waals surface area contributed by atoms with E-state index in [9.17, 15) is 13.6 Å². The Morgan fingerprint density at radius 2 is 1.88 bits per heavy atom. The molecule has 26 heavy (non-hydrogen) atoms. The van der Waals surface area contributed by atoms with Gasteiger partial charge in [-0.1, -0.05) is 6.07 Å². The fraction of sp³-hybridized carbons (Fsp3) is 0.278. The van der Waals surface area contributed by atoms with E-state index in [1.54, 1.807) is 44.3 Å². The summed E-state index contributed by atoms with van der Waals surface area (Å²) in [5.74, 6) is -0.210. The van der Waals surface area contributed by atoms with Gasteiger partial charge in [-0.3, -0.25) is 14.7 Å². The molecule has 1 aromatic heterocycles. The second kappa shape index (κ2) is 6.36. The highest BCUT2D eigenvalue weighted by atomic mass is 19.3. The van der Waals surface area contributed by atoms with Crippen LogP contribution in [0.1, 0.15) is 22.4 Å². The van der Waals surface area contributed by atoms with Gasteiger partial charge in [0.1, 0.15) is 5.75 Å². The Balaban J connectivity index is 2.21. The Kier molecular flexibility index (Phi) is 4.35. The number of likely N-dealkylation sites (N-methyl/N-ethyl adjacent to an activating group) is 1. The number of benzene rings is 1. The van der Waals surface area contributed by atoms with E-state index in [0.717, 1.165) is 0 Å². The maximum absolute atomic E-state index is 13.1. The van der Waals surface area contributed by atoms with E-state index >= 15 is 0 Å². The third-order valence-electron chi connectivity index (χ3n) is 4.36. The summed E-state index contributed by atoms with van der Waals surface area (Å²) in [6.07, 6.45) is 1.59. The van der Waals surface area contributed by atoms with Crippen LogP contribution in [0, 0.1) is 13.8 Å². The number of rotatable bonds is 4. The van der Waals surface area contributed by atoms with Gasteiger partial charge in [0.25, 0.3) is 5.91 Å². The third-order valence-corrected chi connectivity index (χ3v) is 4.36. The number of ether oxygens (including phenoxy) is 1. The molecule has 8 heteroatoms. The summed E-state index contributed by atoms with van der Waals surface area (Å²) < 4.78 is 29.5. The number of amides is 1. The minimum atomic E-state index is -2.93. The number of halogens is 2. The predicted molar refractivity (Wildman–Crippen MR) is 92.0 cm³/mol. The molecule has 0 spiro atoms. The van der Waals surface area contributed by atoms with Gasteiger partial charge in [-0.05, 0) is 54.8 Å². The van der Waals surface area contributed by atoms with Gasteiger partial charge in [-0.15, -0.1) is 0 Å². The molecule has 0 aliphatic carbocycles. The zero-order valence-corrected chi connectivity index (χ0v) is 14.5. The maximum Gasteiger partial charge on any atom is 0.387 e. The lowest BCUT2D eigenvalue weighted by molar-refractivity contribution is -0.129. The zero-order chi connectivity index (χ0) is 19.1. The number of alkyl halides is 2. The Bertz CT molecular complexity index is 901. The Morgan fingerprint density at radius 3 is 2.42 bits per heavy atom. The van der Waals surface area contributed by atoms with Crippen molar-refractivity contribution in [2.45, 2.75) is 26.0 Å². The van der Waals surface area contributed by atoms with Crippen LogP contribution in [0.3, 0.4) is 0 Å². The lowest BCUT2D eigenvalue weighted by Gasteiger charge is -2.27. The first-order valence-electron chi connectivity index (χ1n) is 7.88. The van der Waals surface area contributed by atoms with E-state index in [-0.39, 0.29) is 17.6 Å². The van der Waals surface area contributed by atoms with Crippen molar-refractivity contribution >= 4 is 11.9 Å². The molecular formula is C18H18F2N4O2. The maximum atomic E-state index is 13.1. The summed E-state index contributed by atoms with van der Waals surface area (Å²) in [6, 6.07) is 8.02. The molecule has 0 saturated heterocycles. The molecule has 0 fully saturated rings. The van der Waals surface area contributed by atoms with Crippen molar-refractivity contribution in [3.8, 4) is 5.75 Å². The average Bonchev–Trinajstić information content (AvgIpc) is 2.81. The summed E-state index contributed by atoms with van der Waals surface area (Å²) in [6.45, 7) is 0.505. The number of nitrogens with zero attached hydrogens (tertiary/aromatic N) is 3. The highest BCUT2D eigenvalue weighted by molar-refractivity contribution is 6.08. The first kappa shape index (κ1) is 17.8. The van der Waals surface area contributed by atoms with Gasteiger partial charge in [-0.2, -0.15) is 8.78 Å². The minimum absolute atomic E-state index is 0.0422. The summed E-state index contributed by atoms with van der Waals surface area (Å²) in [4.78, 5) is 23.0. The zero-order valence-electron chi connectivity index (χ0n) is 14.5. The first-order valence-corrected chi connectivity index (χ1v) is 7.88. The Morgan fingerprint density at radius 1 is 1.19 bits per heavy atom. The average molecular weight is 360 g/mol.